The van der Waals surface area contributed by atoms with Crippen molar-refractivity contribution < 1.29 is 4.39 Å². The Bertz CT molecular complexity index is 324. The Hall–Kier alpha value is -0.890. The van der Waals surface area contributed by atoms with Gasteiger partial charge in [-0.2, -0.15) is 0 Å². The van der Waals surface area contributed by atoms with E-state index in [1.165, 1.54) is 6.07 Å². The van der Waals surface area contributed by atoms with E-state index in [2.05, 4.69) is 13.8 Å². The maximum Gasteiger partial charge on any atom is 0.128 e. The number of halogens is 1. The minimum Gasteiger partial charge on any atom is -0.322 e. The number of hydrogen-bond donors (Lipinski definition) is 1. The summed E-state index contributed by atoms with van der Waals surface area (Å²) in [4.78, 5) is 0. The van der Waals surface area contributed by atoms with Crippen molar-refractivity contribution in [3.63, 3.8) is 0 Å². The fraction of sp³-hybridized carbons (Fsp3) is 0.500. The number of rotatable bonds is 2. The summed E-state index contributed by atoms with van der Waals surface area (Å²) in [5.41, 5.74) is 6.98. The SMILES string of the molecule is CC(C)c1ccc(F)c(C(C)(C)N)c1. The van der Waals surface area contributed by atoms with E-state index in [4.69, 9.17) is 5.73 Å². The maximum atomic E-state index is 13.4. The highest BCUT2D eigenvalue weighted by Crippen LogP contribution is 2.24. The Balaban J connectivity index is 3.22. The van der Waals surface area contributed by atoms with Gasteiger partial charge >= 0.3 is 0 Å². The molecular formula is C12H18FN. The number of nitrogens with two attached hydrogens (primary N) is 1. The quantitative estimate of drug-likeness (QED) is 0.770. The van der Waals surface area contributed by atoms with E-state index in [1.807, 2.05) is 26.0 Å². The van der Waals surface area contributed by atoms with Gasteiger partial charge in [-0.1, -0.05) is 26.0 Å². The van der Waals surface area contributed by atoms with Gasteiger partial charge in [0.2, 0.25) is 0 Å². The van der Waals surface area contributed by atoms with Gasteiger partial charge in [0.15, 0.2) is 0 Å². The Morgan fingerprint density at radius 3 is 2.29 bits per heavy atom. The fourth-order valence-electron chi connectivity index (χ4n) is 1.40. The summed E-state index contributed by atoms with van der Waals surface area (Å²) in [6.07, 6.45) is 0. The van der Waals surface area contributed by atoms with Crippen LogP contribution in [0.2, 0.25) is 0 Å². The lowest BCUT2D eigenvalue weighted by Gasteiger charge is -2.21. The zero-order valence-electron chi connectivity index (χ0n) is 9.26. The van der Waals surface area contributed by atoms with E-state index in [-0.39, 0.29) is 5.82 Å². The van der Waals surface area contributed by atoms with E-state index < -0.39 is 5.54 Å². The third-order valence-electron chi connectivity index (χ3n) is 2.35. The summed E-state index contributed by atoms with van der Waals surface area (Å²) in [5, 5.41) is 0. The monoisotopic (exact) mass is 195 g/mol. The molecule has 0 saturated carbocycles. The predicted molar refractivity (Wildman–Crippen MR) is 57.7 cm³/mol. The molecule has 14 heavy (non-hydrogen) atoms. The highest BCUT2D eigenvalue weighted by Gasteiger charge is 2.19. The lowest BCUT2D eigenvalue weighted by molar-refractivity contribution is 0.500. The van der Waals surface area contributed by atoms with E-state index in [1.54, 1.807) is 0 Å². The average molecular weight is 195 g/mol. The van der Waals surface area contributed by atoms with E-state index in [0.29, 0.717) is 11.5 Å². The molecule has 0 saturated heterocycles. The summed E-state index contributed by atoms with van der Waals surface area (Å²) < 4.78 is 13.4. The normalized spacial score (nSPS) is 12.2. The van der Waals surface area contributed by atoms with Gasteiger partial charge in [0.1, 0.15) is 5.82 Å². The molecule has 0 aliphatic rings. The van der Waals surface area contributed by atoms with Crippen molar-refractivity contribution in [1.82, 2.24) is 0 Å². The smallest absolute Gasteiger partial charge is 0.128 e. The van der Waals surface area contributed by atoms with Crippen molar-refractivity contribution in [2.24, 2.45) is 5.73 Å². The van der Waals surface area contributed by atoms with Crippen LogP contribution in [0.5, 0.6) is 0 Å². The lowest BCUT2D eigenvalue weighted by atomic mass is 9.91. The van der Waals surface area contributed by atoms with Crippen LogP contribution in [-0.4, -0.2) is 0 Å². The average Bonchev–Trinajstić information content (AvgIpc) is 2.02. The van der Waals surface area contributed by atoms with Crippen molar-refractivity contribution in [2.45, 2.75) is 39.2 Å². The van der Waals surface area contributed by atoms with Gasteiger partial charge in [-0.3, -0.25) is 0 Å². The van der Waals surface area contributed by atoms with Crippen molar-refractivity contribution >= 4 is 0 Å². The van der Waals surface area contributed by atoms with Crippen LogP contribution in [0.3, 0.4) is 0 Å². The highest BCUT2D eigenvalue weighted by atomic mass is 19.1. The summed E-state index contributed by atoms with van der Waals surface area (Å²) >= 11 is 0. The first-order valence-corrected chi connectivity index (χ1v) is 4.91. The molecule has 2 heteroatoms. The topological polar surface area (TPSA) is 26.0 Å². The van der Waals surface area contributed by atoms with Crippen molar-refractivity contribution in [3.8, 4) is 0 Å². The predicted octanol–water partition coefficient (Wildman–Crippen LogP) is 3.14. The Morgan fingerprint density at radius 1 is 1.29 bits per heavy atom. The molecule has 0 aromatic heterocycles. The first-order chi connectivity index (χ1) is 6.32. The molecule has 0 atom stereocenters. The van der Waals surface area contributed by atoms with Gasteiger partial charge in [0.05, 0.1) is 0 Å². The van der Waals surface area contributed by atoms with Crippen LogP contribution in [0.15, 0.2) is 18.2 Å². The van der Waals surface area contributed by atoms with Crippen LogP contribution in [0.1, 0.15) is 44.7 Å². The summed E-state index contributed by atoms with van der Waals surface area (Å²) in [7, 11) is 0. The molecule has 1 nitrogen and oxygen atoms in total. The fourth-order valence-corrected chi connectivity index (χ4v) is 1.40. The molecule has 0 aliphatic heterocycles. The van der Waals surface area contributed by atoms with Crippen LogP contribution in [0.25, 0.3) is 0 Å². The molecule has 1 rings (SSSR count). The second-order valence-corrected chi connectivity index (χ2v) is 4.62. The van der Waals surface area contributed by atoms with Crippen LogP contribution in [0, 0.1) is 5.82 Å². The molecule has 1 aromatic rings. The molecule has 0 unspecified atom stereocenters. The van der Waals surface area contributed by atoms with Crippen LogP contribution >= 0.6 is 0 Å². The van der Waals surface area contributed by atoms with Gasteiger partial charge < -0.3 is 5.73 Å². The molecule has 0 heterocycles. The Morgan fingerprint density at radius 2 is 1.86 bits per heavy atom. The van der Waals surface area contributed by atoms with Crippen LogP contribution in [-0.2, 0) is 5.54 Å². The Kier molecular flexibility index (Phi) is 2.95. The molecular weight excluding hydrogens is 177 g/mol. The summed E-state index contributed by atoms with van der Waals surface area (Å²) in [6.45, 7) is 7.80. The first kappa shape index (κ1) is 11.2. The van der Waals surface area contributed by atoms with Crippen LogP contribution < -0.4 is 5.73 Å². The zero-order valence-corrected chi connectivity index (χ0v) is 9.26. The number of hydrogen-bond acceptors (Lipinski definition) is 1. The minimum absolute atomic E-state index is 0.220. The molecule has 0 aliphatic carbocycles. The molecule has 1 aromatic carbocycles. The zero-order chi connectivity index (χ0) is 10.9. The maximum absolute atomic E-state index is 13.4. The second-order valence-electron chi connectivity index (χ2n) is 4.62. The minimum atomic E-state index is -0.616. The Labute approximate surface area is 85.1 Å². The number of benzene rings is 1. The first-order valence-electron chi connectivity index (χ1n) is 4.91. The largest absolute Gasteiger partial charge is 0.322 e. The molecule has 0 fully saturated rings. The standard InChI is InChI=1S/C12H18FN/c1-8(2)9-5-6-11(13)10(7-9)12(3,4)14/h5-8H,14H2,1-4H3. The second kappa shape index (κ2) is 3.70. The van der Waals surface area contributed by atoms with Gasteiger partial charge in [0.25, 0.3) is 0 Å². The van der Waals surface area contributed by atoms with Gasteiger partial charge in [0, 0.05) is 11.1 Å². The molecule has 0 bridgehead atoms. The molecule has 0 spiro atoms. The van der Waals surface area contributed by atoms with Gasteiger partial charge in [-0.25, -0.2) is 4.39 Å². The lowest BCUT2D eigenvalue weighted by Crippen LogP contribution is -2.30. The third-order valence-corrected chi connectivity index (χ3v) is 2.35. The van der Waals surface area contributed by atoms with Gasteiger partial charge in [-0.05, 0) is 31.4 Å². The molecule has 0 amide bonds. The summed E-state index contributed by atoms with van der Waals surface area (Å²) in [6, 6.07) is 5.18. The molecule has 0 radical (unpaired) electrons. The third kappa shape index (κ3) is 2.32. The van der Waals surface area contributed by atoms with Crippen molar-refractivity contribution in [1.29, 1.82) is 0 Å². The van der Waals surface area contributed by atoms with E-state index in [9.17, 15) is 4.39 Å². The van der Waals surface area contributed by atoms with E-state index in [0.717, 1.165) is 5.56 Å². The summed E-state index contributed by atoms with van der Waals surface area (Å²) in [5.74, 6) is 0.179. The van der Waals surface area contributed by atoms with Crippen molar-refractivity contribution in [2.75, 3.05) is 0 Å². The van der Waals surface area contributed by atoms with E-state index >= 15 is 0 Å². The highest BCUT2D eigenvalue weighted by molar-refractivity contribution is 5.31. The van der Waals surface area contributed by atoms with Crippen LogP contribution in [0.4, 0.5) is 4.39 Å². The molecule has 78 valence electrons. The molecule has 2 N–H and O–H groups in total. The van der Waals surface area contributed by atoms with Crippen molar-refractivity contribution in [3.05, 3.63) is 35.1 Å². The van der Waals surface area contributed by atoms with Gasteiger partial charge in [-0.15, -0.1) is 0 Å².